The minimum absolute atomic E-state index is 0.102. The van der Waals surface area contributed by atoms with Crippen LogP contribution in [-0.2, 0) is 17.9 Å². The van der Waals surface area contributed by atoms with Crippen LogP contribution >= 0.6 is 0 Å². The Kier molecular flexibility index (Phi) is 5.26. The minimum atomic E-state index is -0.102. The molecule has 2 bridgehead atoms. The Bertz CT molecular complexity index is 868. The van der Waals surface area contributed by atoms with Crippen LogP contribution in [0, 0.1) is 11.3 Å². The van der Waals surface area contributed by atoms with E-state index in [0.717, 1.165) is 63.2 Å². The Morgan fingerprint density at radius 3 is 2.67 bits per heavy atom. The van der Waals surface area contributed by atoms with Crippen molar-refractivity contribution in [2.75, 3.05) is 46.3 Å². The topological polar surface area (TPSA) is 48.8 Å². The van der Waals surface area contributed by atoms with Gasteiger partial charge in [-0.2, -0.15) is 0 Å². The molecule has 0 aromatic carbocycles. The molecule has 5 rings (SSSR count). The van der Waals surface area contributed by atoms with Gasteiger partial charge < -0.3 is 19.3 Å². The van der Waals surface area contributed by atoms with E-state index < -0.39 is 0 Å². The SMILES string of the molecule is CN(CCN1CCCC1)Cc1ccc2n(c1=O)C[C@H]1C[C@@H]2CN(C(=O)C2(C)CC2)C1. The van der Waals surface area contributed by atoms with E-state index >= 15 is 0 Å². The van der Waals surface area contributed by atoms with Gasteiger partial charge in [-0.05, 0) is 64.2 Å². The maximum atomic E-state index is 13.3. The van der Waals surface area contributed by atoms with E-state index in [4.69, 9.17) is 0 Å². The Morgan fingerprint density at radius 2 is 1.93 bits per heavy atom. The summed E-state index contributed by atoms with van der Waals surface area (Å²) < 4.78 is 2.03. The lowest BCUT2D eigenvalue weighted by atomic mass is 9.82. The lowest BCUT2D eigenvalue weighted by Crippen LogP contribution is -2.51. The lowest BCUT2D eigenvalue weighted by Gasteiger charge is -2.43. The first kappa shape index (κ1) is 20.3. The number of pyridine rings is 1. The number of rotatable bonds is 6. The number of hydrogen-bond acceptors (Lipinski definition) is 4. The average Bonchev–Trinajstić information content (AvgIpc) is 3.26. The van der Waals surface area contributed by atoms with Crippen molar-refractivity contribution in [3.63, 3.8) is 0 Å². The molecule has 2 saturated heterocycles. The fraction of sp³-hybridized carbons (Fsp3) is 0.750. The van der Waals surface area contributed by atoms with E-state index in [-0.39, 0.29) is 11.0 Å². The van der Waals surface area contributed by atoms with Gasteiger partial charge in [-0.15, -0.1) is 0 Å². The Hall–Kier alpha value is -1.66. The molecular weight excluding hydrogens is 376 g/mol. The maximum absolute atomic E-state index is 13.3. The summed E-state index contributed by atoms with van der Waals surface area (Å²) in [4.78, 5) is 33.0. The molecule has 1 aromatic heterocycles. The quantitative estimate of drug-likeness (QED) is 0.718. The normalized spacial score (nSPS) is 27.4. The second-order valence-electron chi connectivity index (χ2n) is 10.6. The number of likely N-dealkylation sites (tertiary alicyclic amines) is 2. The highest BCUT2D eigenvalue weighted by molar-refractivity contribution is 5.85. The van der Waals surface area contributed by atoms with Gasteiger partial charge in [-0.3, -0.25) is 9.59 Å². The van der Waals surface area contributed by atoms with E-state index in [0.29, 0.717) is 24.3 Å². The van der Waals surface area contributed by atoms with E-state index in [9.17, 15) is 9.59 Å². The number of amides is 1. The van der Waals surface area contributed by atoms with Gasteiger partial charge >= 0.3 is 0 Å². The van der Waals surface area contributed by atoms with Gasteiger partial charge in [0.15, 0.2) is 0 Å². The molecule has 1 aromatic rings. The van der Waals surface area contributed by atoms with Crippen LogP contribution in [0.2, 0.25) is 0 Å². The third-order valence-electron chi connectivity index (χ3n) is 7.92. The van der Waals surface area contributed by atoms with Gasteiger partial charge in [0.1, 0.15) is 0 Å². The summed E-state index contributed by atoms with van der Waals surface area (Å²) >= 11 is 0. The molecule has 0 N–H and O–H groups in total. The number of hydrogen-bond donors (Lipinski definition) is 0. The molecular formula is C24H36N4O2. The molecule has 6 nitrogen and oxygen atoms in total. The lowest BCUT2D eigenvalue weighted by molar-refractivity contribution is -0.139. The number of piperidine rings is 1. The third kappa shape index (κ3) is 3.84. The predicted octanol–water partition coefficient (Wildman–Crippen LogP) is 2.12. The molecule has 0 spiro atoms. The first-order chi connectivity index (χ1) is 14.4. The van der Waals surface area contributed by atoms with Crippen molar-refractivity contribution in [1.29, 1.82) is 0 Å². The molecule has 2 atom stereocenters. The smallest absolute Gasteiger partial charge is 0.255 e. The number of aromatic nitrogens is 1. The van der Waals surface area contributed by atoms with Gasteiger partial charge in [0, 0.05) is 61.9 Å². The first-order valence-electron chi connectivity index (χ1n) is 11.9. The Labute approximate surface area is 179 Å². The molecule has 3 fully saturated rings. The number of likely N-dealkylation sites (N-methyl/N-ethyl adjacent to an activating group) is 1. The zero-order valence-corrected chi connectivity index (χ0v) is 18.6. The molecule has 1 aliphatic carbocycles. The van der Waals surface area contributed by atoms with Gasteiger partial charge in [0.05, 0.1) is 0 Å². The van der Waals surface area contributed by atoms with Crippen molar-refractivity contribution in [2.45, 2.75) is 58.0 Å². The molecule has 6 heteroatoms. The zero-order valence-electron chi connectivity index (χ0n) is 18.6. The molecule has 164 valence electrons. The molecule has 0 radical (unpaired) electrons. The second-order valence-corrected chi connectivity index (χ2v) is 10.6. The number of fused-ring (bicyclic) bond motifs is 4. The summed E-state index contributed by atoms with van der Waals surface area (Å²) in [7, 11) is 2.12. The van der Waals surface area contributed by atoms with Gasteiger partial charge in [0.2, 0.25) is 5.91 Å². The van der Waals surface area contributed by atoms with Crippen LogP contribution in [0.5, 0.6) is 0 Å². The highest BCUT2D eigenvalue weighted by Crippen LogP contribution is 2.48. The van der Waals surface area contributed by atoms with E-state index in [1.54, 1.807) is 0 Å². The Morgan fingerprint density at radius 1 is 1.17 bits per heavy atom. The van der Waals surface area contributed by atoms with Crippen molar-refractivity contribution >= 4 is 5.91 Å². The van der Waals surface area contributed by atoms with Crippen molar-refractivity contribution in [3.05, 3.63) is 33.7 Å². The van der Waals surface area contributed by atoms with Crippen LogP contribution in [0.25, 0.3) is 0 Å². The minimum Gasteiger partial charge on any atom is -0.341 e. The molecule has 30 heavy (non-hydrogen) atoms. The van der Waals surface area contributed by atoms with E-state index in [2.05, 4.69) is 34.7 Å². The van der Waals surface area contributed by atoms with Crippen molar-refractivity contribution in [3.8, 4) is 0 Å². The molecule has 1 amide bonds. The van der Waals surface area contributed by atoms with E-state index in [1.807, 2.05) is 10.6 Å². The predicted molar refractivity (Wildman–Crippen MR) is 117 cm³/mol. The Balaban J connectivity index is 1.27. The first-order valence-corrected chi connectivity index (χ1v) is 11.9. The fourth-order valence-corrected chi connectivity index (χ4v) is 5.75. The monoisotopic (exact) mass is 412 g/mol. The van der Waals surface area contributed by atoms with Crippen LogP contribution < -0.4 is 5.56 Å². The molecule has 0 unspecified atom stereocenters. The summed E-state index contributed by atoms with van der Waals surface area (Å²) in [6.45, 7) is 9.70. The number of carbonyl (C=O) groups is 1. The van der Waals surface area contributed by atoms with Crippen molar-refractivity contribution in [1.82, 2.24) is 19.3 Å². The average molecular weight is 413 g/mol. The van der Waals surface area contributed by atoms with Crippen molar-refractivity contribution < 1.29 is 4.79 Å². The summed E-state index contributed by atoms with van der Waals surface area (Å²) in [5.74, 6) is 1.05. The zero-order chi connectivity index (χ0) is 20.9. The maximum Gasteiger partial charge on any atom is 0.255 e. The van der Waals surface area contributed by atoms with Crippen LogP contribution in [0.1, 0.15) is 56.2 Å². The third-order valence-corrected chi connectivity index (χ3v) is 7.92. The molecule has 4 heterocycles. The highest BCUT2D eigenvalue weighted by atomic mass is 16.2. The standard InChI is InChI=1S/C24H36N4O2/c1-24(7-8-24)23(30)27-14-18-13-20(17-27)21-6-5-19(22(29)28(21)15-18)16-25(2)11-12-26-9-3-4-10-26/h5-6,18,20H,3-4,7-17H2,1-2H3/t18-,20+/m0/s1. The summed E-state index contributed by atoms with van der Waals surface area (Å²) in [6.07, 6.45) is 5.81. The summed E-state index contributed by atoms with van der Waals surface area (Å²) in [5.41, 5.74) is 2.12. The molecule has 3 aliphatic heterocycles. The van der Waals surface area contributed by atoms with Crippen molar-refractivity contribution in [2.24, 2.45) is 11.3 Å². The second kappa shape index (κ2) is 7.79. The van der Waals surface area contributed by atoms with Gasteiger partial charge in [-0.25, -0.2) is 0 Å². The van der Waals surface area contributed by atoms with Crippen LogP contribution in [0.4, 0.5) is 0 Å². The fourth-order valence-electron chi connectivity index (χ4n) is 5.75. The molecule has 1 saturated carbocycles. The van der Waals surface area contributed by atoms with Gasteiger partial charge in [-0.1, -0.05) is 13.0 Å². The van der Waals surface area contributed by atoms with E-state index in [1.165, 1.54) is 25.9 Å². The van der Waals surface area contributed by atoms with Crippen LogP contribution in [-0.4, -0.2) is 71.5 Å². The van der Waals surface area contributed by atoms with Crippen LogP contribution in [0.15, 0.2) is 16.9 Å². The summed E-state index contributed by atoms with van der Waals surface area (Å²) in [6, 6.07) is 4.21. The highest BCUT2D eigenvalue weighted by Gasteiger charge is 2.49. The largest absolute Gasteiger partial charge is 0.341 e. The molecule has 4 aliphatic rings. The summed E-state index contributed by atoms with van der Waals surface area (Å²) in [5, 5.41) is 0. The van der Waals surface area contributed by atoms with Gasteiger partial charge in [0.25, 0.3) is 5.56 Å². The van der Waals surface area contributed by atoms with Crippen LogP contribution in [0.3, 0.4) is 0 Å². The number of nitrogens with zero attached hydrogens (tertiary/aromatic N) is 4. The number of carbonyl (C=O) groups excluding carboxylic acids is 1.